The number of benzene rings is 1. The van der Waals surface area contributed by atoms with Gasteiger partial charge in [0.25, 0.3) is 0 Å². The molecule has 0 saturated carbocycles. The van der Waals surface area contributed by atoms with Crippen LogP contribution in [0.25, 0.3) is 0 Å². The van der Waals surface area contributed by atoms with E-state index in [1.54, 1.807) is 12.3 Å². The molecule has 0 unspecified atom stereocenters. The highest BCUT2D eigenvalue weighted by Crippen LogP contribution is 2.13. The Morgan fingerprint density at radius 1 is 1.22 bits per heavy atom. The van der Waals surface area contributed by atoms with Gasteiger partial charge < -0.3 is 10.5 Å². The third-order valence-electron chi connectivity index (χ3n) is 2.50. The van der Waals surface area contributed by atoms with Crippen LogP contribution in [-0.4, -0.2) is 9.97 Å². The molecule has 3 nitrogen and oxygen atoms in total. The number of nitrogens with two attached hydrogens (primary N) is 1. The molecule has 18 heavy (non-hydrogen) atoms. The number of hydrogen-bond acceptors (Lipinski definition) is 3. The molecule has 1 aromatic carbocycles. The van der Waals surface area contributed by atoms with Gasteiger partial charge in [0.15, 0.2) is 0 Å². The van der Waals surface area contributed by atoms with E-state index in [9.17, 15) is 0 Å². The molecule has 0 aliphatic rings. The molecule has 0 atom stereocenters. The van der Waals surface area contributed by atoms with Crippen LogP contribution in [0.5, 0.6) is 5.75 Å². The van der Waals surface area contributed by atoms with Gasteiger partial charge in [-0.15, -0.1) is 0 Å². The Hall–Kier alpha value is -1.94. The maximum atomic E-state index is 5.64. The highest BCUT2D eigenvalue weighted by Gasteiger charge is 1.99. The van der Waals surface area contributed by atoms with Gasteiger partial charge in [-0.1, -0.05) is 36.0 Å². The van der Waals surface area contributed by atoms with Crippen molar-refractivity contribution in [1.82, 2.24) is 4.98 Å². The molecule has 1 heterocycles. The van der Waals surface area contributed by atoms with Crippen LogP contribution in [0.1, 0.15) is 16.8 Å². The summed E-state index contributed by atoms with van der Waals surface area (Å²) >= 11 is 4.84. The predicted octanol–water partition coefficient (Wildman–Crippen LogP) is 2.60. The van der Waals surface area contributed by atoms with Gasteiger partial charge in [0.2, 0.25) is 0 Å². The normalized spacial score (nSPS) is 10.1. The van der Waals surface area contributed by atoms with Crippen LogP contribution in [0.3, 0.4) is 0 Å². The Morgan fingerprint density at radius 2 is 1.94 bits per heavy atom. The second-order valence-electron chi connectivity index (χ2n) is 4.02. The Morgan fingerprint density at radius 3 is 2.50 bits per heavy atom. The lowest BCUT2D eigenvalue weighted by Crippen LogP contribution is -2.11. The van der Waals surface area contributed by atoms with Crippen LogP contribution in [0.15, 0.2) is 42.6 Å². The van der Waals surface area contributed by atoms with Crippen LogP contribution in [0, 0.1) is 6.92 Å². The van der Waals surface area contributed by atoms with Crippen molar-refractivity contribution in [1.29, 1.82) is 0 Å². The highest BCUT2D eigenvalue weighted by molar-refractivity contribution is 7.80. The van der Waals surface area contributed by atoms with Crippen LogP contribution >= 0.6 is 12.2 Å². The van der Waals surface area contributed by atoms with Crippen molar-refractivity contribution in [3.63, 3.8) is 0 Å². The molecule has 4 heteroatoms. The lowest BCUT2D eigenvalue weighted by atomic mass is 10.2. The zero-order valence-corrected chi connectivity index (χ0v) is 10.9. The van der Waals surface area contributed by atoms with E-state index in [4.69, 9.17) is 22.7 Å². The van der Waals surface area contributed by atoms with Crippen molar-refractivity contribution < 1.29 is 4.74 Å². The Labute approximate surface area is 112 Å². The number of ether oxygens (including phenoxy) is 1. The lowest BCUT2D eigenvalue weighted by molar-refractivity contribution is 0.305. The minimum absolute atomic E-state index is 0.306. The van der Waals surface area contributed by atoms with Crippen LogP contribution in [0.4, 0.5) is 0 Å². The van der Waals surface area contributed by atoms with Crippen molar-refractivity contribution in [2.75, 3.05) is 0 Å². The van der Waals surface area contributed by atoms with E-state index in [0.29, 0.717) is 17.3 Å². The third-order valence-corrected chi connectivity index (χ3v) is 2.71. The largest absolute Gasteiger partial charge is 0.489 e. The summed E-state index contributed by atoms with van der Waals surface area (Å²) in [7, 11) is 0. The average Bonchev–Trinajstić information content (AvgIpc) is 2.38. The number of aromatic nitrogens is 1. The monoisotopic (exact) mass is 258 g/mol. The second kappa shape index (κ2) is 5.60. The molecule has 0 spiro atoms. The fourth-order valence-electron chi connectivity index (χ4n) is 1.46. The molecule has 0 amide bonds. The summed E-state index contributed by atoms with van der Waals surface area (Å²) < 4.78 is 5.64. The zero-order chi connectivity index (χ0) is 13.0. The number of rotatable bonds is 4. The topological polar surface area (TPSA) is 48.1 Å². The SMILES string of the molecule is Cc1ccc(OCc2ccc(C(N)=S)nc2)cc1. The van der Waals surface area contributed by atoms with E-state index in [1.807, 2.05) is 37.3 Å². The first-order valence-corrected chi connectivity index (χ1v) is 6.00. The zero-order valence-electron chi connectivity index (χ0n) is 10.1. The summed E-state index contributed by atoms with van der Waals surface area (Å²) in [4.78, 5) is 4.46. The van der Waals surface area contributed by atoms with E-state index in [-0.39, 0.29) is 0 Å². The van der Waals surface area contributed by atoms with Crippen LogP contribution < -0.4 is 10.5 Å². The summed E-state index contributed by atoms with van der Waals surface area (Å²) in [6.45, 7) is 2.52. The molecule has 2 N–H and O–H groups in total. The fraction of sp³-hybridized carbons (Fsp3) is 0.143. The molecular weight excluding hydrogens is 244 g/mol. The van der Waals surface area contributed by atoms with Crippen molar-refractivity contribution in [3.8, 4) is 5.75 Å². The highest BCUT2D eigenvalue weighted by atomic mass is 32.1. The first-order valence-electron chi connectivity index (χ1n) is 5.59. The van der Waals surface area contributed by atoms with Crippen molar-refractivity contribution in [2.24, 2.45) is 5.73 Å². The minimum atomic E-state index is 0.306. The first kappa shape index (κ1) is 12.5. The van der Waals surface area contributed by atoms with Gasteiger partial charge in [0, 0.05) is 11.8 Å². The number of pyridine rings is 1. The summed E-state index contributed by atoms with van der Waals surface area (Å²) in [6, 6.07) is 11.7. The lowest BCUT2D eigenvalue weighted by Gasteiger charge is -2.06. The summed E-state index contributed by atoms with van der Waals surface area (Å²) in [6.07, 6.45) is 1.72. The molecule has 0 fully saturated rings. The van der Waals surface area contributed by atoms with Crippen LogP contribution in [-0.2, 0) is 6.61 Å². The summed E-state index contributed by atoms with van der Waals surface area (Å²) in [5.41, 5.74) is 8.30. The predicted molar refractivity (Wildman–Crippen MR) is 75.6 cm³/mol. The van der Waals surface area contributed by atoms with Gasteiger partial charge in [-0.3, -0.25) is 4.98 Å². The van der Waals surface area contributed by atoms with Crippen molar-refractivity contribution in [3.05, 3.63) is 59.4 Å². The van der Waals surface area contributed by atoms with Gasteiger partial charge in [-0.25, -0.2) is 0 Å². The molecule has 0 radical (unpaired) electrons. The van der Waals surface area contributed by atoms with Crippen LogP contribution in [0.2, 0.25) is 0 Å². The van der Waals surface area contributed by atoms with E-state index in [0.717, 1.165) is 11.3 Å². The number of aryl methyl sites for hydroxylation is 1. The van der Waals surface area contributed by atoms with Gasteiger partial charge in [-0.05, 0) is 25.1 Å². The van der Waals surface area contributed by atoms with Crippen molar-refractivity contribution in [2.45, 2.75) is 13.5 Å². The molecule has 0 bridgehead atoms. The van der Waals surface area contributed by atoms with Crippen molar-refractivity contribution >= 4 is 17.2 Å². The van der Waals surface area contributed by atoms with E-state index >= 15 is 0 Å². The fourth-order valence-corrected chi connectivity index (χ4v) is 1.58. The maximum Gasteiger partial charge on any atom is 0.122 e. The Kier molecular flexibility index (Phi) is 3.89. The van der Waals surface area contributed by atoms with Gasteiger partial charge >= 0.3 is 0 Å². The molecule has 0 aliphatic heterocycles. The van der Waals surface area contributed by atoms with Gasteiger partial charge in [0.05, 0.1) is 5.69 Å². The maximum absolute atomic E-state index is 5.64. The molecule has 0 saturated heterocycles. The van der Waals surface area contributed by atoms with E-state index < -0.39 is 0 Å². The first-order chi connectivity index (χ1) is 8.65. The summed E-state index contributed by atoms with van der Waals surface area (Å²) in [5.74, 6) is 0.846. The number of nitrogens with zero attached hydrogens (tertiary/aromatic N) is 1. The smallest absolute Gasteiger partial charge is 0.122 e. The van der Waals surface area contributed by atoms with Gasteiger partial charge in [0.1, 0.15) is 17.3 Å². The summed E-state index contributed by atoms with van der Waals surface area (Å²) in [5, 5.41) is 0. The molecule has 2 aromatic rings. The standard InChI is InChI=1S/C14H14N2OS/c1-10-2-5-12(6-3-10)17-9-11-4-7-13(14(15)18)16-8-11/h2-8H,9H2,1H3,(H2,15,18). The molecule has 0 aliphatic carbocycles. The Balaban J connectivity index is 1.97. The molecule has 2 rings (SSSR count). The number of hydrogen-bond donors (Lipinski definition) is 1. The Bertz CT molecular complexity index is 535. The number of thiocarbonyl (C=S) groups is 1. The van der Waals surface area contributed by atoms with E-state index in [2.05, 4.69) is 4.98 Å². The minimum Gasteiger partial charge on any atom is -0.489 e. The van der Waals surface area contributed by atoms with E-state index in [1.165, 1.54) is 5.56 Å². The third kappa shape index (κ3) is 3.28. The molecule has 1 aromatic heterocycles. The second-order valence-corrected chi connectivity index (χ2v) is 4.46. The van der Waals surface area contributed by atoms with Gasteiger partial charge in [-0.2, -0.15) is 0 Å². The molecule has 92 valence electrons. The molecular formula is C14H14N2OS. The average molecular weight is 258 g/mol. The quantitative estimate of drug-likeness (QED) is 0.856.